The summed E-state index contributed by atoms with van der Waals surface area (Å²) in [7, 11) is -1.19. The highest BCUT2D eigenvalue weighted by molar-refractivity contribution is 7.89. The van der Waals surface area contributed by atoms with Crippen LogP contribution in [-0.4, -0.2) is 123 Å². The van der Waals surface area contributed by atoms with Crippen molar-refractivity contribution in [3.8, 4) is 17.0 Å². The van der Waals surface area contributed by atoms with E-state index in [1.165, 1.54) is 0 Å². The number of piperazine rings is 1. The average Bonchev–Trinajstić information content (AvgIpc) is 3.56. The van der Waals surface area contributed by atoms with E-state index in [9.17, 15) is 8.42 Å². The minimum atomic E-state index is -3.31. The molecule has 5 rings (SSSR count). The van der Waals surface area contributed by atoms with Gasteiger partial charge in [0.25, 0.3) is 5.95 Å². The van der Waals surface area contributed by atoms with Gasteiger partial charge in [-0.25, -0.2) is 22.7 Å². The van der Waals surface area contributed by atoms with Gasteiger partial charge in [0.1, 0.15) is 12.0 Å². The number of aromatic amines is 1. The lowest BCUT2D eigenvalue weighted by Crippen LogP contribution is -2.46. The highest BCUT2D eigenvalue weighted by atomic mass is 32.2. The molecule has 3 aromatic heterocycles. The van der Waals surface area contributed by atoms with Crippen LogP contribution in [-0.2, 0) is 10.0 Å². The van der Waals surface area contributed by atoms with Crippen molar-refractivity contribution in [3.05, 3.63) is 18.7 Å². The molecule has 212 valence electrons. The second-order valence-electron chi connectivity index (χ2n) is 10.7. The van der Waals surface area contributed by atoms with Gasteiger partial charge in [-0.1, -0.05) is 6.92 Å². The molecule has 0 radical (unpaired) electrons. The van der Waals surface area contributed by atoms with Crippen LogP contribution in [0.5, 0.6) is 5.75 Å². The first-order valence-electron chi connectivity index (χ1n) is 13.6. The molecule has 2 fully saturated rings. The number of H-pyrrole nitrogens is 1. The third kappa shape index (κ3) is 6.45. The Kier molecular flexibility index (Phi) is 8.26. The Bertz CT molecular complexity index is 1390. The van der Waals surface area contributed by atoms with Gasteiger partial charge in [-0.2, -0.15) is 14.6 Å². The molecule has 1 N–H and O–H groups in total. The summed E-state index contributed by atoms with van der Waals surface area (Å²) >= 11 is 0. The topological polar surface area (TPSA) is 137 Å². The number of sulfonamides is 1. The van der Waals surface area contributed by atoms with Crippen molar-refractivity contribution in [3.63, 3.8) is 0 Å². The van der Waals surface area contributed by atoms with E-state index in [0.717, 1.165) is 44.0 Å². The Morgan fingerprint density at radius 1 is 1.21 bits per heavy atom. The van der Waals surface area contributed by atoms with Crippen LogP contribution in [0.25, 0.3) is 16.9 Å². The van der Waals surface area contributed by atoms with Gasteiger partial charge in [-0.3, -0.25) is 5.10 Å². The van der Waals surface area contributed by atoms with Crippen molar-refractivity contribution in [2.24, 2.45) is 10.9 Å². The molecule has 0 spiro atoms. The Balaban J connectivity index is 1.26. The normalized spacial score (nSPS) is 21.4. The van der Waals surface area contributed by atoms with Crippen LogP contribution in [0.3, 0.4) is 0 Å². The van der Waals surface area contributed by atoms with Crippen LogP contribution in [0.15, 0.2) is 23.7 Å². The van der Waals surface area contributed by atoms with Gasteiger partial charge in [0, 0.05) is 69.1 Å². The van der Waals surface area contributed by atoms with Crippen LogP contribution in [0.4, 0.5) is 5.95 Å². The zero-order chi connectivity index (χ0) is 27.6. The zero-order valence-electron chi connectivity index (χ0n) is 23.1. The number of nitrogens with zero attached hydrogens (tertiary/aromatic N) is 9. The summed E-state index contributed by atoms with van der Waals surface area (Å²) in [5, 5.41) is 11.3. The fourth-order valence-corrected chi connectivity index (χ4v) is 6.58. The van der Waals surface area contributed by atoms with Crippen molar-refractivity contribution >= 4 is 27.3 Å². The van der Waals surface area contributed by atoms with E-state index in [-0.39, 0.29) is 17.8 Å². The first kappa shape index (κ1) is 27.6. The molecule has 5 heterocycles. The number of ether oxygens (including phenoxy) is 1. The van der Waals surface area contributed by atoms with Crippen LogP contribution in [0, 0.1) is 5.92 Å². The van der Waals surface area contributed by atoms with E-state index in [4.69, 9.17) is 9.73 Å². The Morgan fingerprint density at radius 2 is 2.00 bits per heavy atom. The van der Waals surface area contributed by atoms with Gasteiger partial charge in [0.15, 0.2) is 5.75 Å². The molecular formula is C25H38N10O3S. The van der Waals surface area contributed by atoms with Crippen molar-refractivity contribution in [2.75, 3.05) is 58.6 Å². The summed E-state index contributed by atoms with van der Waals surface area (Å²) in [5.41, 5.74) is 2.82. The second-order valence-corrected chi connectivity index (χ2v) is 12.8. The zero-order valence-corrected chi connectivity index (χ0v) is 23.9. The molecule has 0 bridgehead atoms. The predicted octanol–water partition coefficient (Wildman–Crippen LogP) is 1.68. The molecule has 14 heteroatoms. The highest BCUT2D eigenvalue weighted by Crippen LogP contribution is 2.32. The first-order chi connectivity index (χ1) is 18.7. The predicted molar refractivity (Wildman–Crippen MR) is 149 cm³/mol. The lowest BCUT2D eigenvalue weighted by molar-refractivity contribution is 0.154. The molecule has 2 saturated heterocycles. The number of likely N-dealkylation sites (N-methyl/N-ethyl adjacent to an activating group) is 1. The maximum Gasteiger partial charge on any atom is 0.269 e. The van der Waals surface area contributed by atoms with Crippen molar-refractivity contribution in [1.29, 1.82) is 0 Å². The fourth-order valence-electron chi connectivity index (χ4n) is 5.01. The van der Waals surface area contributed by atoms with Gasteiger partial charge < -0.3 is 14.5 Å². The monoisotopic (exact) mass is 558 g/mol. The molecule has 0 aliphatic carbocycles. The Morgan fingerprint density at radius 3 is 2.69 bits per heavy atom. The summed E-state index contributed by atoms with van der Waals surface area (Å²) in [5.74, 6) is 0.958. The second kappa shape index (κ2) is 11.7. The maximum atomic E-state index is 13.1. The first-order valence-corrected chi connectivity index (χ1v) is 15.2. The summed E-state index contributed by atoms with van der Waals surface area (Å²) < 4.78 is 35.4. The number of fused-ring (bicyclic) bond motifs is 1. The SMILES string of the molecule is CC(C)Oc1c(-c2cn[nH]c2)ncn2nc(/N=C3\CCN(S(=O)(=O)CCCN4CCN(C)CC4)C[C@H]3C)nc12. The molecule has 2 aliphatic rings. The Labute approximate surface area is 229 Å². The van der Waals surface area contributed by atoms with Crippen LogP contribution in [0.1, 0.15) is 33.6 Å². The lowest BCUT2D eigenvalue weighted by Gasteiger charge is -2.33. The number of aromatic nitrogens is 6. The van der Waals surface area contributed by atoms with Crippen molar-refractivity contribution in [2.45, 2.75) is 39.7 Å². The Hall–Kier alpha value is -2.94. The maximum absolute atomic E-state index is 13.1. The standard InChI is InChI=1S/C25H38N10O3S/c1-18(2)38-23-22(20-14-27-28-15-20)26-17-35-24(23)30-25(31-35)29-21-6-8-34(16-19(21)3)39(36,37)13-5-7-33-11-9-32(4)10-12-33/h14-15,17-19H,5-13,16H2,1-4H3,(H,27,28)/b29-21+/t19-/m1/s1. The number of piperidine rings is 1. The average molecular weight is 559 g/mol. The van der Waals surface area contributed by atoms with Crippen molar-refractivity contribution in [1.82, 2.24) is 43.9 Å². The van der Waals surface area contributed by atoms with E-state index in [0.29, 0.717) is 49.0 Å². The molecule has 39 heavy (non-hydrogen) atoms. The third-order valence-electron chi connectivity index (χ3n) is 7.23. The lowest BCUT2D eigenvalue weighted by atomic mass is 9.99. The minimum Gasteiger partial charge on any atom is -0.485 e. The fraction of sp³-hybridized carbons (Fsp3) is 0.640. The molecule has 0 amide bonds. The molecule has 0 unspecified atom stereocenters. The summed E-state index contributed by atoms with van der Waals surface area (Å²) in [6.45, 7) is 11.6. The van der Waals surface area contributed by atoms with E-state index in [2.05, 4.69) is 42.1 Å². The quantitative estimate of drug-likeness (QED) is 0.416. The summed E-state index contributed by atoms with van der Waals surface area (Å²) in [6, 6.07) is 0. The van der Waals surface area contributed by atoms with Crippen LogP contribution >= 0.6 is 0 Å². The largest absolute Gasteiger partial charge is 0.485 e. The van der Waals surface area contributed by atoms with Gasteiger partial charge in [0.2, 0.25) is 15.7 Å². The van der Waals surface area contributed by atoms with E-state index < -0.39 is 10.0 Å². The molecule has 0 aromatic carbocycles. The van der Waals surface area contributed by atoms with Crippen molar-refractivity contribution < 1.29 is 13.2 Å². The number of nitrogens with one attached hydrogen (secondary N) is 1. The number of hydrogen-bond donors (Lipinski definition) is 1. The molecule has 2 aliphatic heterocycles. The third-order valence-corrected chi connectivity index (χ3v) is 9.16. The highest BCUT2D eigenvalue weighted by Gasteiger charge is 2.31. The number of rotatable bonds is 9. The van der Waals surface area contributed by atoms with E-state index >= 15 is 0 Å². The number of aliphatic imine (C=N–C) groups is 1. The smallest absolute Gasteiger partial charge is 0.269 e. The number of hydrogen-bond acceptors (Lipinski definition) is 10. The van der Waals surface area contributed by atoms with Gasteiger partial charge in [-0.15, -0.1) is 5.10 Å². The molecular weight excluding hydrogens is 520 g/mol. The molecule has 3 aromatic rings. The molecule has 13 nitrogen and oxygen atoms in total. The van der Waals surface area contributed by atoms with E-state index in [1.807, 2.05) is 20.8 Å². The summed E-state index contributed by atoms with van der Waals surface area (Å²) in [4.78, 5) is 18.6. The van der Waals surface area contributed by atoms with Gasteiger partial charge in [0.05, 0.1) is 18.1 Å². The van der Waals surface area contributed by atoms with Crippen LogP contribution in [0.2, 0.25) is 0 Å². The molecule has 1 atom stereocenters. The van der Waals surface area contributed by atoms with E-state index in [1.54, 1.807) is 27.5 Å². The minimum absolute atomic E-state index is 0.0382. The van der Waals surface area contributed by atoms with Gasteiger partial charge in [-0.05, 0) is 33.9 Å². The van der Waals surface area contributed by atoms with Gasteiger partial charge >= 0.3 is 0 Å². The summed E-state index contributed by atoms with van der Waals surface area (Å²) in [6.07, 6.45) is 6.12. The van der Waals surface area contributed by atoms with Crippen LogP contribution < -0.4 is 4.74 Å². The molecule has 0 saturated carbocycles.